The van der Waals surface area contributed by atoms with E-state index in [2.05, 4.69) is 0 Å². The number of allylic oxidation sites excluding steroid dienone is 1. The molecule has 4 heteroatoms. The van der Waals surface area contributed by atoms with Crippen LogP contribution in [0.4, 0.5) is 0 Å². The Kier molecular flexibility index (Phi) is 5.27. The van der Waals surface area contributed by atoms with E-state index in [1.807, 2.05) is 31.2 Å². The first kappa shape index (κ1) is 14.1. The van der Waals surface area contributed by atoms with Crippen molar-refractivity contribution in [2.24, 2.45) is 0 Å². The van der Waals surface area contributed by atoms with Gasteiger partial charge in [-0.2, -0.15) is 0 Å². The van der Waals surface area contributed by atoms with Crippen molar-refractivity contribution < 1.29 is 19.8 Å². The van der Waals surface area contributed by atoms with Crippen molar-refractivity contribution in [3.8, 4) is 0 Å². The molecule has 0 amide bonds. The minimum atomic E-state index is -1.13. The normalized spacial score (nSPS) is 12.6. The SMILES string of the molecule is Cc1ccc(C=CC(=O)C[C@H](O)CC(=O)O)cc1. The third-order valence-corrected chi connectivity index (χ3v) is 2.39. The third-order valence-electron chi connectivity index (χ3n) is 2.39. The summed E-state index contributed by atoms with van der Waals surface area (Å²) in [5, 5.41) is 17.7. The molecule has 0 aliphatic rings. The zero-order valence-corrected chi connectivity index (χ0v) is 10.2. The highest BCUT2D eigenvalue weighted by Gasteiger charge is 2.12. The van der Waals surface area contributed by atoms with Crippen LogP contribution in [0, 0.1) is 6.92 Å². The number of aliphatic carboxylic acids is 1. The average molecular weight is 248 g/mol. The van der Waals surface area contributed by atoms with E-state index in [-0.39, 0.29) is 12.2 Å². The van der Waals surface area contributed by atoms with Crippen LogP contribution < -0.4 is 0 Å². The molecule has 0 radical (unpaired) electrons. The molecule has 4 nitrogen and oxygen atoms in total. The molecule has 1 aromatic rings. The quantitative estimate of drug-likeness (QED) is 0.753. The number of carbonyl (C=O) groups excluding carboxylic acids is 1. The van der Waals surface area contributed by atoms with Crippen molar-refractivity contribution in [2.45, 2.75) is 25.9 Å². The second kappa shape index (κ2) is 6.71. The maximum Gasteiger partial charge on any atom is 0.305 e. The summed E-state index contributed by atoms with van der Waals surface area (Å²) in [4.78, 5) is 21.7. The van der Waals surface area contributed by atoms with Gasteiger partial charge in [0.15, 0.2) is 5.78 Å². The monoisotopic (exact) mass is 248 g/mol. The first-order valence-electron chi connectivity index (χ1n) is 5.65. The molecular formula is C14H16O4. The molecule has 0 saturated carbocycles. The second-order valence-electron chi connectivity index (χ2n) is 4.17. The maximum atomic E-state index is 11.4. The van der Waals surface area contributed by atoms with Crippen LogP contribution in [0.3, 0.4) is 0 Å². The van der Waals surface area contributed by atoms with Crippen LogP contribution in [-0.2, 0) is 9.59 Å². The van der Waals surface area contributed by atoms with Gasteiger partial charge in [-0.15, -0.1) is 0 Å². The Labute approximate surface area is 106 Å². The molecule has 96 valence electrons. The highest BCUT2D eigenvalue weighted by molar-refractivity contribution is 5.94. The third kappa shape index (κ3) is 5.41. The topological polar surface area (TPSA) is 74.6 Å². The minimum Gasteiger partial charge on any atom is -0.481 e. The van der Waals surface area contributed by atoms with Crippen molar-refractivity contribution in [1.29, 1.82) is 0 Å². The molecule has 2 N–H and O–H groups in total. The lowest BCUT2D eigenvalue weighted by molar-refractivity contribution is -0.139. The predicted molar refractivity (Wildman–Crippen MR) is 68.1 cm³/mol. The number of rotatable bonds is 6. The summed E-state index contributed by atoms with van der Waals surface area (Å²) >= 11 is 0. The minimum absolute atomic E-state index is 0.172. The largest absolute Gasteiger partial charge is 0.481 e. The molecule has 1 aromatic carbocycles. The Morgan fingerprint density at radius 3 is 2.39 bits per heavy atom. The summed E-state index contributed by atoms with van der Waals surface area (Å²) in [5.74, 6) is -1.40. The zero-order chi connectivity index (χ0) is 13.5. The smallest absolute Gasteiger partial charge is 0.305 e. The zero-order valence-electron chi connectivity index (χ0n) is 10.2. The first-order valence-corrected chi connectivity index (χ1v) is 5.65. The Hall–Kier alpha value is -1.94. The summed E-state index contributed by atoms with van der Waals surface area (Å²) in [6.45, 7) is 1.97. The Balaban J connectivity index is 2.49. The second-order valence-corrected chi connectivity index (χ2v) is 4.17. The van der Waals surface area contributed by atoms with Gasteiger partial charge >= 0.3 is 5.97 Å². The molecule has 0 fully saturated rings. The van der Waals surface area contributed by atoms with Crippen LogP contribution in [0.2, 0.25) is 0 Å². The number of benzene rings is 1. The summed E-state index contributed by atoms with van der Waals surface area (Å²) < 4.78 is 0. The van der Waals surface area contributed by atoms with Crippen molar-refractivity contribution in [2.75, 3.05) is 0 Å². The van der Waals surface area contributed by atoms with Gasteiger partial charge < -0.3 is 10.2 Å². The average Bonchev–Trinajstić information content (AvgIpc) is 2.27. The van der Waals surface area contributed by atoms with Gasteiger partial charge in [-0.3, -0.25) is 9.59 Å². The van der Waals surface area contributed by atoms with E-state index in [0.717, 1.165) is 11.1 Å². The Morgan fingerprint density at radius 1 is 1.22 bits per heavy atom. The van der Waals surface area contributed by atoms with Crippen molar-refractivity contribution in [3.63, 3.8) is 0 Å². The summed E-state index contributed by atoms with van der Waals surface area (Å²) in [5.41, 5.74) is 2.03. The standard InChI is InChI=1S/C14H16O4/c1-10-2-4-11(5-3-10)6-7-12(15)8-13(16)9-14(17)18/h2-7,13,16H,8-9H2,1H3,(H,17,18)/t13-/m0/s1. The highest BCUT2D eigenvalue weighted by Crippen LogP contribution is 2.06. The summed E-state index contributed by atoms with van der Waals surface area (Å²) in [7, 11) is 0. The van der Waals surface area contributed by atoms with Crippen LogP contribution in [-0.4, -0.2) is 28.1 Å². The maximum absolute atomic E-state index is 11.4. The number of hydrogen-bond acceptors (Lipinski definition) is 3. The molecule has 0 unspecified atom stereocenters. The molecule has 18 heavy (non-hydrogen) atoms. The molecule has 0 heterocycles. The highest BCUT2D eigenvalue weighted by atomic mass is 16.4. The Morgan fingerprint density at radius 2 is 1.83 bits per heavy atom. The van der Waals surface area contributed by atoms with E-state index in [0.29, 0.717) is 0 Å². The number of aryl methyl sites for hydroxylation is 1. The number of aliphatic hydroxyl groups is 1. The van der Waals surface area contributed by atoms with Gasteiger partial charge in [-0.1, -0.05) is 35.9 Å². The molecule has 0 aromatic heterocycles. The fourth-order valence-corrected chi connectivity index (χ4v) is 1.44. The predicted octanol–water partition coefficient (Wildman–Crippen LogP) is 1.80. The van der Waals surface area contributed by atoms with Gasteiger partial charge in [-0.25, -0.2) is 0 Å². The van der Waals surface area contributed by atoms with Crippen LogP contribution in [0.15, 0.2) is 30.3 Å². The van der Waals surface area contributed by atoms with Gasteiger partial charge in [0.1, 0.15) is 0 Å². The van der Waals surface area contributed by atoms with Crippen molar-refractivity contribution in [1.82, 2.24) is 0 Å². The first-order chi connectivity index (χ1) is 8.47. The van der Waals surface area contributed by atoms with Crippen LogP contribution in [0.25, 0.3) is 6.08 Å². The van der Waals surface area contributed by atoms with Crippen LogP contribution >= 0.6 is 0 Å². The molecule has 0 bridgehead atoms. The molecule has 0 spiro atoms. The fourth-order valence-electron chi connectivity index (χ4n) is 1.44. The van der Waals surface area contributed by atoms with E-state index < -0.39 is 18.5 Å². The lowest BCUT2D eigenvalue weighted by Crippen LogP contribution is -2.16. The molecule has 1 atom stereocenters. The molecular weight excluding hydrogens is 232 g/mol. The molecule has 0 aliphatic heterocycles. The van der Waals surface area contributed by atoms with Gasteiger partial charge in [-0.05, 0) is 18.6 Å². The van der Waals surface area contributed by atoms with E-state index in [1.54, 1.807) is 6.08 Å². The fraction of sp³-hybridized carbons (Fsp3) is 0.286. The molecule has 0 aliphatic carbocycles. The Bertz CT molecular complexity index is 445. The van der Waals surface area contributed by atoms with Crippen molar-refractivity contribution in [3.05, 3.63) is 41.5 Å². The lowest BCUT2D eigenvalue weighted by atomic mass is 10.1. The number of ketones is 1. The number of carbonyl (C=O) groups is 2. The van der Waals surface area contributed by atoms with E-state index in [9.17, 15) is 14.7 Å². The van der Waals surface area contributed by atoms with Gasteiger partial charge in [0, 0.05) is 6.42 Å². The number of carboxylic acids is 1. The number of carboxylic acid groups (broad SMARTS) is 1. The lowest BCUT2D eigenvalue weighted by Gasteiger charge is -2.03. The van der Waals surface area contributed by atoms with Crippen LogP contribution in [0.1, 0.15) is 24.0 Å². The van der Waals surface area contributed by atoms with Gasteiger partial charge in [0.25, 0.3) is 0 Å². The molecule has 0 saturated heterocycles. The number of hydrogen-bond donors (Lipinski definition) is 2. The van der Waals surface area contributed by atoms with Gasteiger partial charge in [0.05, 0.1) is 12.5 Å². The summed E-state index contributed by atoms with van der Waals surface area (Å²) in [6.07, 6.45) is 1.29. The summed E-state index contributed by atoms with van der Waals surface area (Å²) in [6, 6.07) is 7.63. The van der Waals surface area contributed by atoms with Crippen LogP contribution in [0.5, 0.6) is 0 Å². The van der Waals surface area contributed by atoms with Gasteiger partial charge in [0.2, 0.25) is 0 Å². The van der Waals surface area contributed by atoms with E-state index in [4.69, 9.17) is 5.11 Å². The van der Waals surface area contributed by atoms with E-state index >= 15 is 0 Å². The molecule has 1 rings (SSSR count). The number of aliphatic hydroxyl groups excluding tert-OH is 1. The van der Waals surface area contributed by atoms with Crippen molar-refractivity contribution >= 4 is 17.8 Å². The van der Waals surface area contributed by atoms with E-state index in [1.165, 1.54) is 6.08 Å².